The maximum atomic E-state index is 12.3. The van der Waals surface area contributed by atoms with Gasteiger partial charge >= 0.3 is 0 Å². The van der Waals surface area contributed by atoms with E-state index in [1.165, 1.54) is 0 Å². The maximum Gasteiger partial charge on any atom is 0.253 e. The number of hydrogen-bond acceptors (Lipinski definition) is 3. The Hall–Kier alpha value is -2.63. The van der Waals surface area contributed by atoms with Gasteiger partial charge in [-0.25, -0.2) is 9.97 Å². The molecule has 0 aromatic carbocycles. The van der Waals surface area contributed by atoms with Crippen LogP contribution in [0.5, 0.6) is 0 Å². The highest BCUT2D eigenvalue weighted by Gasteiger charge is 2.13. The number of rotatable bonds is 5. The molecule has 108 valence electrons. The summed E-state index contributed by atoms with van der Waals surface area (Å²) in [5, 5.41) is 3.06. The third-order valence-corrected chi connectivity index (χ3v) is 3.47. The number of nitrogens with one attached hydrogen (secondary N) is 1. The summed E-state index contributed by atoms with van der Waals surface area (Å²) in [6.45, 7) is 2.77. The van der Waals surface area contributed by atoms with Crippen molar-refractivity contribution in [1.29, 1.82) is 0 Å². The quantitative estimate of drug-likeness (QED) is 0.775. The molecule has 3 aromatic rings. The van der Waals surface area contributed by atoms with E-state index in [0.29, 0.717) is 5.56 Å². The summed E-state index contributed by atoms with van der Waals surface area (Å²) in [4.78, 5) is 20.5. The van der Waals surface area contributed by atoms with Gasteiger partial charge in [0.2, 0.25) is 0 Å². The van der Waals surface area contributed by atoms with Crippen LogP contribution in [-0.4, -0.2) is 30.9 Å². The Labute approximate surface area is 122 Å². The summed E-state index contributed by atoms with van der Waals surface area (Å²) in [7, 11) is 0. The van der Waals surface area contributed by atoms with E-state index >= 15 is 0 Å². The predicted molar refractivity (Wildman–Crippen MR) is 79.0 cm³/mol. The first-order valence-corrected chi connectivity index (χ1v) is 6.95. The fourth-order valence-electron chi connectivity index (χ4n) is 2.25. The van der Waals surface area contributed by atoms with Crippen LogP contribution in [0.2, 0.25) is 0 Å². The second-order valence-electron chi connectivity index (χ2n) is 4.95. The topological polar surface area (TPSA) is 64.2 Å². The molecular weight excluding hydrogens is 266 g/mol. The number of imidazole rings is 2. The highest BCUT2D eigenvalue weighted by atomic mass is 16.1. The molecule has 0 fully saturated rings. The molecule has 1 unspecified atom stereocenters. The molecule has 3 aromatic heterocycles. The average Bonchev–Trinajstić information content (AvgIpc) is 3.16. The van der Waals surface area contributed by atoms with E-state index in [2.05, 4.69) is 22.2 Å². The zero-order valence-corrected chi connectivity index (χ0v) is 11.8. The summed E-state index contributed by atoms with van der Waals surface area (Å²) >= 11 is 0. The average molecular weight is 283 g/mol. The lowest BCUT2D eigenvalue weighted by Crippen LogP contribution is -2.37. The Balaban J connectivity index is 1.71. The van der Waals surface area contributed by atoms with E-state index < -0.39 is 0 Å². The molecular formula is C15H17N5O. The Morgan fingerprint density at radius 2 is 2.24 bits per heavy atom. The van der Waals surface area contributed by atoms with Crippen molar-refractivity contribution in [2.75, 3.05) is 0 Å². The zero-order chi connectivity index (χ0) is 14.7. The van der Waals surface area contributed by atoms with E-state index in [1.54, 1.807) is 31.0 Å². The maximum absolute atomic E-state index is 12.3. The molecule has 1 amide bonds. The normalized spacial score (nSPS) is 12.4. The number of amides is 1. The number of nitrogens with zero attached hydrogens (tertiary/aromatic N) is 4. The minimum absolute atomic E-state index is 0.0717. The van der Waals surface area contributed by atoms with Gasteiger partial charge in [-0.05, 0) is 18.6 Å². The minimum atomic E-state index is -0.0717. The van der Waals surface area contributed by atoms with Crippen LogP contribution in [0.3, 0.4) is 0 Å². The van der Waals surface area contributed by atoms with Crippen molar-refractivity contribution in [3.8, 4) is 0 Å². The fourth-order valence-corrected chi connectivity index (χ4v) is 2.25. The van der Waals surface area contributed by atoms with Crippen molar-refractivity contribution >= 4 is 11.6 Å². The lowest BCUT2D eigenvalue weighted by atomic mass is 10.2. The number of hydrogen-bond donors (Lipinski definition) is 1. The van der Waals surface area contributed by atoms with Crippen LogP contribution in [0.15, 0.2) is 49.4 Å². The predicted octanol–water partition coefficient (Wildman–Crippen LogP) is 1.74. The molecule has 6 heteroatoms. The van der Waals surface area contributed by atoms with E-state index in [1.807, 2.05) is 27.4 Å². The van der Waals surface area contributed by atoms with E-state index in [0.717, 1.165) is 18.6 Å². The van der Waals surface area contributed by atoms with Crippen LogP contribution < -0.4 is 5.32 Å². The molecule has 1 atom stereocenters. The second kappa shape index (κ2) is 5.78. The van der Waals surface area contributed by atoms with Crippen molar-refractivity contribution in [3.05, 3.63) is 55.0 Å². The smallest absolute Gasteiger partial charge is 0.253 e. The standard InChI is InChI=1S/C15H17N5O/c1-2-13(10-19-7-5-16-11-19)18-15(21)12-3-4-14-17-6-8-20(14)9-12/h3-9,11,13H,2,10H2,1H3,(H,18,21). The molecule has 0 aliphatic carbocycles. The fraction of sp³-hybridized carbons (Fsp3) is 0.267. The number of aromatic nitrogens is 4. The highest BCUT2D eigenvalue weighted by molar-refractivity contribution is 5.94. The summed E-state index contributed by atoms with van der Waals surface area (Å²) in [6, 6.07) is 3.71. The first-order valence-electron chi connectivity index (χ1n) is 6.95. The van der Waals surface area contributed by atoms with Crippen molar-refractivity contribution in [2.24, 2.45) is 0 Å². The van der Waals surface area contributed by atoms with Gasteiger partial charge in [0.25, 0.3) is 5.91 Å². The molecule has 0 bridgehead atoms. The third-order valence-electron chi connectivity index (χ3n) is 3.47. The van der Waals surface area contributed by atoms with Crippen molar-refractivity contribution in [1.82, 2.24) is 24.3 Å². The Morgan fingerprint density at radius 1 is 1.33 bits per heavy atom. The Kier molecular flexibility index (Phi) is 3.68. The first kappa shape index (κ1) is 13.4. The van der Waals surface area contributed by atoms with Gasteiger partial charge in [-0.2, -0.15) is 0 Å². The Morgan fingerprint density at radius 3 is 3.00 bits per heavy atom. The molecule has 0 saturated carbocycles. The summed E-state index contributed by atoms with van der Waals surface area (Å²) in [5.74, 6) is -0.0717. The molecule has 3 rings (SSSR count). The van der Waals surface area contributed by atoms with Crippen LogP contribution in [-0.2, 0) is 6.54 Å². The number of carbonyl (C=O) groups excluding carboxylic acids is 1. The summed E-state index contributed by atoms with van der Waals surface area (Å²) < 4.78 is 3.80. The van der Waals surface area contributed by atoms with Crippen LogP contribution in [0.1, 0.15) is 23.7 Å². The monoisotopic (exact) mass is 283 g/mol. The number of fused-ring (bicyclic) bond motifs is 1. The van der Waals surface area contributed by atoms with Gasteiger partial charge in [0, 0.05) is 43.6 Å². The first-order chi connectivity index (χ1) is 10.3. The lowest BCUT2D eigenvalue weighted by Gasteiger charge is -2.17. The Bertz CT molecular complexity index is 731. The number of carbonyl (C=O) groups is 1. The molecule has 1 N–H and O–H groups in total. The second-order valence-corrected chi connectivity index (χ2v) is 4.95. The van der Waals surface area contributed by atoms with Gasteiger partial charge in [-0.3, -0.25) is 4.79 Å². The van der Waals surface area contributed by atoms with Gasteiger partial charge in [0.05, 0.1) is 11.9 Å². The molecule has 0 aliphatic rings. The lowest BCUT2D eigenvalue weighted by molar-refractivity contribution is 0.0931. The molecule has 3 heterocycles. The molecule has 0 saturated heterocycles. The van der Waals surface area contributed by atoms with Crippen molar-refractivity contribution in [2.45, 2.75) is 25.9 Å². The van der Waals surface area contributed by atoms with Crippen LogP contribution in [0.4, 0.5) is 0 Å². The van der Waals surface area contributed by atoms with Crippen LogP contribution >= 0.6 is 0 Å². The van der Waals surface area contributed by atoms with Gasteiger partial charge in [0.15, 0.2) is 0 Å². The van der Waals surface area contributed by atoms with Crippen LogP contribution in [0.25, 0.3) is 5.65 Å². The van der Waals surface area contributed by atoms with Crippen LogP contribution in [0, 0.1) is 0 Å². The van der Waals surface area contributed by atoms with Gasteiger partial charge in [-0.15, -0.1) is 0 Å². The zero-order valence-electron chi connectivity index (χ0n) is 11.8. The summed E-state index contributed by atoms with van der Waals surface area (Å²) in [6.07, 6.45) is 11.6. The molecule has 21 heavy (non-hydrogen) atoms. The van der Waals surface area contributed by atoms with Gasteiger partial charge in [0.1, 0.15) is 5.65 Å². The SMILES string of the molecule is CCC(Cn1ccnc1)NC(=O)c1ccc2nccn2c1. The molecule has 0 radical (unpaired) electrons. The van der Waals surface area contributed by atoms with Gasteiger partial charge in [-0.1, -0.05) is 6.92 Å². The van der Waals surface area contributed by atoms with Crippen molar-refractivity contribution in [3.63, 3.8) is 0 Å². The van der Waals surface area contributed by atoms with Gasteiger partial charge < -0.3 is 14.3 Å². The van der Waals surface area contributed by atoms with Crippen molar-refractivity contribution < 1.29 is 4.79 Å². The molecule has 0 spiro atoms. The van der Waals surface area contributed by atoms with E-state index in [9.17, 15) is 4.79 Å². The van der Waals surface area contributed by atoms with E-state index in [4.69, 9.17) is 0 Å². The summed E-state index contributed by atoms with van der Waals surface area (Å²) in [5.41, 5.74) is 1.46. The molecule has 0 aliphatic heterocycles. The third kappa shape index (κ3) is 2.94. The largest absolute Gasteiger partial charge is 0.347 e. The van der Waals surface area contributed by atoms with E-state index in [-0.39, 0.29) is 11.9 Å². The number of pyridine rings is 1. The highest BCUT2D eigenvalue weighted by Crippen LogP contribution is 2.06. The minimum Gasteiger partial charge on any atom is -0.347 e. The molecule has 6 nitrogen and oxygen atoms in total.